The summed E-state index contributed by atoms with van der Waals surface area (Å²) in [6.45, 7) is 26.7. The second kappa shape index (κ2) is 24.4. The van der Waals surface area contributed by atoms with E-state index in [1.165, 1.54) is 22.3 Å². The summed E-state index contributed by atoms with van der Waals surface area (Å²) in [5, 5.41) is 5.95. The van der Waals surface area contributed by atoms with Gasteiger partial charge in [0.15, 0.2) is 0 Å². The predicted molar refractivity (Wildman–Crippen MR) is 407 cm³/mol. The molecule has 0 N–H and O–H groups in total. The summed E-state index contributed by atoms with van der Waals surface area (Å²) in [6.07, 6.45) is 0. The van der Waals surface area contributed by atoms with Crippen molar-refractivity contribution in [1.82, 2.24) is 0 Å². The number of para-hydroxylation sites is 2. The van der Waals surface area contributed by atoms with E-state index < -0.39 is 0 Å². The molecule has 96 heavy (non-hydrogen) atoms. The van der Waals surface area contributed by atoms with Crippen molar-refractivity contribution in [3.05, 3.63) is 313 Å². The topological polar surface area (TPSA) is 6.48 Å². The highest BCUT2D eigenvalue weighted by Gasteiger charge is 2.31. The highest BCUT2D eigenvalue weighted by Crippen LogP contribution is 2.54. The Labute approximate surface area is 566 Å². The maximum absolute atomic E-state index is 19.0. The zero-order valence-electron chi connectivity index (χ0n) is 57.2. The van der Waals surface area contributed by atoms with Crippen LogP contribution in [0.1, 0.15) is 105 Å². The number of benzene rings is 14. The van der Waals surface area contributed by atoms with Gasteiger partial charge in [-0.15, -0.1) is 0 Å². The maximum atomic E-state index is 19.0. The van der Waals surface area contributed by atoms with Crippen LogP contribution in [0.15, 0.2) is 279 Å². The molecule has 2 nitrogen and oxygen atoms in total. The summed E-state index contributed by atoms with van der Waals surface area (Å²) >= 11 is 0. The first-order valence-electron chi connectivity index (χ1n) is 33.7. The fourth-order valence-electron chi connectivity index (χ4n) is 14.0. The van der Waals surface area contributed by atoms with E-state index in [-0.39, 0.29) is 33.3 Å². The molecule has 0 aromatic heterocycles. The molecule has 4 heteroatoms. The summed E-state index contributed by atoms with van der Waals surface area (Å²) in [7, 11) is 0. The maximum Gasteiger partial charge on any atom is 0.148 e. The van der Waals surface area contributed by atoms with Gasteiger partial charge in [0, 0.05) is 33.0 Å². The van der Waals surface area contributed by atoms with Gasteiger partial charge in [-0.2, -0.15) is 0 Å². The fraction of sp³-hybridized carbons (Fsp3) is 0.174. The molecule has 0 heterocycles. The van der Waals surface area contributed by atoms with Crippen LogP contribution in [0.4, 0.5) is 42.9 Å². The number of hydrogen-bond acceptors (Lipinski definition) is 2. The van der Waals surface area contributed by atoms with Crippen molar-refractivity contribution in [3.63, 3.8) is 0 Å². The molecule has 14 aromatic carbocycles. The number of halogens is 2. The minimum atomic E-state index is -0.357. The van der Waals surface area contributed by atoms with Crippen LogP contribution >= 0.6 is 0 Å². The Morgan fingerprint density at radius 2 is 0.510 bits per heavy atom. The van der Waals surface area contributed by atoms with Crippen molar-refractivity contribution in [2.45, 2.75) is 105 Å². The van der Waals surface area contributed by atoms with E-state index in [0.29, 0.717) is 11.4 Å². The van der Waals surface area contributed by atoms with Gasteiger partial charge in [0.25, 0.3) is 0 Å². The van der Waals surface area contributed by atoms with Crippen LogP contribution in [0.2, 0.25) is 0 Å². The standard InChI is InChI=1S/C92H82F2N2/c1-89(2,3)69-43-31-59(32-44-69)67-55-77(63-35-47-71(48-36-63)91(7,8)9)87(79(93)57-67)95(81-29-21-19-27-73(81)61-23-15-13-16-24-61)83-53-41-65-40-52-76-84(54-42-66-39-51-75(83)85(65)86(66)76)96(82-30-22-20-28-74(82)62-25-17-14-18-26-62)88-78(64-37-49-72(50-38-64)92(10,11)12)56-68(58-80(88)94)60-33-45-70(46-34-60)90(4,5)6/h13-58H,1-12H3. The molecule has 0 radical (unpaired) electrons. The van der Waals surface area contributed by atoms with E-state index in [1.54, 1.807) is 12.1 Å². The summed E-state index contributed by atoms with van der Waals surface area (Å²) in [5.74, 6) is -0.714. The van der Waals surface area contributed by atoms with E-state index >= 15 is 8.78 Å². The normalized spacial score (nSPS) is 12.3. The zero-order chi connectivity index (χ0) is 67.0. The largest absolute Gasteiger partial charge is 0.306 e. The number of anilines is 6. The van der Waals surface area contributed by atoms with Crippen LogP contribution in [0.3, 0.4) is 0 Å². The third-order valence-electron chi connectivity index (χ3n) is 19.4. The molecule has 0 saturated carbocycles. The van der Waals surface area contributed by atoms with E-state index in [4.69, 9.17) is 0 Å². The van der Waals surface area contributed by atoms with E-state index in [1.807, 2.05) is 12.1 Å². The lowest BCUT2D eigenvalue weighted by molar-refractivity contribution is 0.590. The molecule has 0 saturated heterocycles. The van der Waals surface area contributed by atoms with Gasteiger partial charge < -0.3 is 9.80 Å². The minimum absolute atomic E-state index is 0.0526. The quantitative estimate of drug-likeness (QED) is 0.113. The van der Waals surface area contributed by atoms with Gasteiger partial charge in [0.1, 0.15) is 11.6 Å². The van der Waals surface area contributed by atoms with Crippen LogP contribution in [0.25, 0.3) is 99.1 Å². The van der Waals surface area contributed by atoms with Gasteiger partial charge in [0.2, 0.25) is 0 Å². The lowest BCUT2D eigenvalue weighted by Crippen LogP contribution is -2.16. The molecule has 0 aliphatic carbocycles. The molecule has 0 bridgehead atoms. The summed E-state index contributed by atoms with van der Waals surface area (Å²) < 4.78 is 37.9. The first-order chi connectivity index (χ1) is 46.0. The average molecular weight is 1250 g/mol. The molecule has 0 fully saturated rings. The van der Waals surface area contributed by atoms with E-state index in [2.05, 4.69) is 348 Å². The Morgan fingerprint density at radius 1 is 0.229 bits per heavy atom. The lowest BCUT2D eigenvalue weighted by Gasteiger charge is -2.33. The molecule has 14 aromatic rings. The van der Waals surface area contributed by atoms with Crippen molar-refractivity contribution < 1.29 is 8.78 Å². The third kappa shape index (κ3) is 11.8. The van der Waals surface area contributed by atoms with Gasteiger partial charge in [-0.05, 0) is 158 Å². The summed E-state index contributed by atoms with van der Waals surface area (Å²) in [6, 6.07) is 97.6. The van der Waals surface area contributed by atoms with Crippen LogP contribution in [0, 0.1) is 11.6 Å². The van der Waals surface area contributed by atoms with Crippen molar-refractivity contribution in [2.75, 3.05) is 9.80 Å². The Bertz CT molecular complexity index is 4850. The molecule has 474 valence electrons. The molecule has 14 rings (SSSR count). The molecule has 0 atom stereocenters. The second-order valence-electron chi connectivity index (χ2n) is 30.0. The van der Waals surface area contributed by atoms with Crippen molar-refractivity contribution in [1.29, 1.82) is 0 Å². The highest BCUT2D eigenvalue weighted by atomic mass is 19.1. The van der Waals surface area contributed by atoms with Gasteiger partial charge in [-0.3, -0.25) is 0 Å². The molecule has 0 spiro atoms. The molecule has 0 aliphatic heterocycles. The van der Waals surface area contributed by atoms with Crippen LogP contribution < -0.4 is 9.80 Å². The lowest BCUT2D eigenvalue weighted by atomic mass is 9.85. The minimum Gasteiger partial charge on any atom is -0.306 e. The van der Waals surface area contributed by atoms with Gasteiger partial charge in [0.05, 0.1) is 34.1 Å². The Kier molecular flexibility index (Phi) is 16.0. The van der Waals surface area contributed by atoms with Crippen molar-refractivity contribution in [3.8, 4) is 66.8 Å². The molecular weight excluding hydrogens is 1170 g/mol. The second-order valence-corrected chi connectivity index (χ2v) is 30.0. The number of nitrogens with zero attached hydrogens (tertiary/aromatic N) is 2. The van der Waals surface area contributed by atoms with Gasteiger partial charge in [-0.1, -0.05) is 314 Å². The number of hydrogen-bond donors (Lipinski definition) is 0. The van der Waals surface area contributed by atoms with Gasteiger partial charge >= 0.3 is 0 Å². The molecule has 0 amide bonds. The highest BCUT2D eigenvalue weighted by molar-refractivity contribution is 6.28. The fourth-order valence-corrected chi connectivity index (χ4v) is 14.0. The Morgan fingerprint density at radius 3 is 0.833 bits per heavy atom. The Balaban J connectivity index is 1.05. The Hall–Kier alpha value is -10.4. The summed E-state index contributed by atoms with van der Waals surface area (Å²) in [4.78, 5) is 4.36. The predicted octanol–water partition coefficient (Wildman–Crippen LogP) is 27.0. The average Bonchev–Trinajstić information content (AvgIpc) is 0.718. The van der Waals surface area contributed by atoms with Crippen molar-refractivity contribution >= 4 is 66.4 Å². The zero-order valence-corrected chi connectivity index (χ0v) is 57.2. The molecule has 0 aliphatic rings. The van der Waals surface area contributed by atoms with Gasteiger partial charge in [-0.25, -0.2) is 8.78 Å². The van der Waals surface area contributed by atoms with Crippen LogP contribution in [-0.2, 0) is 21.7 Å². The summed E-state index contributed by atoms with van der Waals surface area (Å²) in [5.41, 5.74) is 19.3. The molecule has 0 unspecified atom stereocenters. The van der Waals surface area contributed by atoms with Crippen molar-refractivity contribution in [2.24, 2.45) is 0 Å². The third-order valence-corrected chi connectivity index (χ3v) is 19.4. The monoisotopic (exact) mass is 1250 g/mol. The van der Waals surface area contributed by atoms with E-state index in [0.717, 1.165) is 122 Å². The molecular formula is C92H82F2N2. The van der Waals surface area contributed by atoms with E-state index in [9.17, 15) is 0 Å². The van der Waals surface area contributed by atoms with Crippen LogP contribution in [0.5, 0.6) is 0 Å². The SMILES string of the molecule is CC(C)(C)c1ccc(-c2cc(F)c(N(c3ccccc3-c3ccccc3)c3ccc4ccc5c(N(c6ccccc6-c6ccccc6)c6c(F)cc(-c7ccc(C(C)(C)C)cc7)cc6-c6ccc(C(C)(C)C)cc6)ccc6ccc3c4c65)c(-c3ccc(C(C)(C)C)cc3)c2)cc1. The first kappa shape index (κ1) is 63.0. The van der Waals surface area contributed by atoms with Crippen LogP contribution in [-0.4, -0.2) is 0 Å². The smallest absolute Gasteiger partial charge is 0.148 e. The first-order valence-corrected chi connectivity index (χ1v) is 33.7. The number of rotatable bonds is 12.